The van der Waals surface area contributed by atoms with Crippen molar-refractivity contribution in [2.45, 2.75) is 33.7 Å². The molecule has 0 atom stereocenters. The van der Waals surface area contributed by atoms with Gasteiger partial charge in [-0.1, -0.05) is 26.0 Å². The van der Waals surface area contributed by atoms with Crippen LogP contribution in [0.5, 0.6) is 5.88 Å². The summed E-state index contributed by atoms with van der Waals surface area (Å²) in [6.45, 7) is 12.6. The summed E-state index contributed by atoms with van der Waals surface area (Å²) in [6, 6.07) is 4.02. The van der Waals surface area contributed by atoms with Crippen LogP contribution in [-0.4, -0.2) is 18.1 Å². The highest BCUT2D eigenvalue weighted by molar-refractivity contribution is 5.24. The van der Waals surface area contributed by atoms with E-state index < -0.39 is 0 Å². The van der Waals surface area contributed by atoms with Crippen LogP contribution in [0, 0.1) is 12.8 Å². The molecule has 1 aromatic rings. The monoisotopic (exact) mass is 248 g/mol. The van der Waals surface area contributed by atoms with Crippen LogP contribution < -0.4 is 10.1 Å². The van der Waals surface area contributed by atoms with Gasteiger partial charge in [0.2, 0.25) is 5.88 Å². The summed E-state index contributed by atoms with van der Waals surface area (Å²) in [5.74, 6) is 1.36. The molecule has 1 N–H and O–H groups in total. The normalized spacial score (nSPS) is 10.7. The third kappa shape index (κ3) is 5.32. The van der Waals surface area contributed by atoms with Crippen LogP contribution in [0.3, 0.4) is 0 Å². The first-order valence-electron chi connectivity index (χ1n) is 6.54. The van der Waals surface area contributed by atoms with Crippen LogP contribution in [0.15, 0.2) is 24.8 Å². The van der Waals surface area contributed by atoms with Gasteiger partial charge in [-0.3, -0.25) is 0 Å². The lowest BCUT2D eigenvalue weighted by atomic mass is 10.2. The smallest absolute Gasteiger partial charge is 0.213 e. The molecule has 0 saturated carbocycles. The number of aryl methyl sites for hydroxylation is 1. The fraction of sp³-hybridized carbons (Fsp3) is 0.533. The Hall–Kier alpha value is -1.35. The van der Waals surface area contributed by atoms with Crippen molar-refractivity contribution in [3.05, 3.63) is 36.0 Å². The number of hydrogen-bond acceptors (Lipinski definition) is 3. The molecule has 0 aromatic carbocycles. The molecule has 0 bridgehead atoms. The molecule has 1 heterocycles. The van der Waals surface area contributed by atoms with Crippen molar-refractivity contribution >= 4 is 0 Å². The van der Waals surface area contributed by atoms with Crippen LogP contribution in [0.4, 0.5) is 0 Å². The summed E-state index contributed by atoms with van der Waals surface area (Å²) in [7, 11) is 0. The Morgan fingerprint density at radius 2 is 2.22 bits per heavy atom. The zero-order chi connectivity index (χ0) is 13.4. The Balaban J connectivity index is 2.48. The van der Waals surface area contributed by atoms with Crippen LogP contribution in [0.2, 0.25) is 0 Å². The predicted molar refractivity (Wildman–Crippen MR) is 75.8 cm³/mol. The van der Waals surface area contributed by atoms with Gasteiger partial charge >= 0.3 is 0 Å². The lowest BCUT2D eigenvalue weighted by Gasteiger charge is -2.11. The van der Waals surface area contributed by atoms with Crippen molar-refractivity contribution < 1.29 is 4.74 Å². The Labute approximate surface area is 110 Å². The van der Waals surface area contributed by atoms with Crippen molar-refractivity contribution in [3.8, 4) is 5.88 Å². The van der Waals surface area contributed by atoms with Crippen molar-refractivity contribution in [2.24, 2.45) is 5.92 Å². The molecule has 1 aromatic heterocycles. The van der Waals surface area contributed by atoms with E-state index in [-0.39, 0.29) is 0 Å². The molecule has 0 saturated heterocycles. The highest BCUT2D eigenvalue weighted by Crippen LogP contribution is 2.12. The highest BCUT2D eigenvalue weighted by Gasteiger charge is 2.03. The second-order valence-electron chi connectivity index (χ2n) is 4.84. The third-order valence-corrected chi connectivity index (χ3v) is 2.61. The van der Waals surface area contributed by atoms with Crippen LogP contribution in [0.25, 0.3) is 0 Å². The Morgan fingerprint density at radius 3 is 2.83 bits per heavy atom. The van der Waals surface area contributed by atoms with E-state index in [2.05, 4.69) is 36.8 Å². The van der Waals surface area contributed by atoms with E-state index in [9.17, 15) is 0 Å². The minimum Gasteiger partial charge on any atom is -0.477 e. The molecule has 0 fully saturated rings. The number of ether oxygens (including phenoxy) is 1. The van der Waals surface area contributed by atoms with Crippen molar-refractivity contribution in [2.75, 3.05) is 13.2 Å². The molecule has 0 aliphatic carbocycles. The summed E-state index contributed by atoms with van der Waals surface area (Å²) in [5, 5.41) is 3.42. The van der Waals surface area contributed by atoms with E-state index in [0.29, 0.717) is 18.4 Å². The number of hydrogen-bond donors (Lipinski definition) is 1. The molecule has 0 spiro atoms. The topological polar surface area (TPSA) is 34.1 Å². The second kappa shape index (κ2) is 7.88. The number of nitrogens with one attached hydrogen (secondary N) is 1. The average molecular weight is 248 g/mol. The van der Waals surface area contributed by atoms with Gasteiger partial charge in [0.05, 0.1) is 6.61 Å². The van der Waals surface area contributed by atoms with Gasteiger partial charge in [0.15, 0.2) is 0 Å². The lowest BCUT2D eigenvalue weighted by molar-refractivity contribution is 0.311. The van der Waals surface area contributed by atoms with Gasteiger partial charge in [-0.05, 0) is 31.4 Å². The van der Waals surface area contributed by atoms with E-state index in [1.807, 2.05) is 19.1 Å². The number of rotatable bonds is 8. The Morgan fingerprint density at radius 1 is 1.44 bits per heavy atom. The van der Waals surface area contributed by atoms with E-state index in [1.165, 1.54) is 5.56 Å². The number of nitrogens with zero attached hydrogens (tertiary/aromatic N) is 1. The zero-order valence-corrected chi connectivity index (χ0v) is 11.7. The summed E-state index contributed by atoms with van der Waals surface area (Å²) < 4.78 is 5.52. The van der Waals surface area contributed by atoms with E-state index in [1.54, 1.807) is 0 Å². The quantitative estimate of drug-likeness (QED) is 0.567. The first kappa shape index (κ1) is 14.7. The van der Waals surface area contributed by atoms with Gasteiger partial charge in [0.25, 0.3) is 0 Å². The standard InChI is InChI=1S/C15H24N2O/c1-5-6-9-18-15-8-7-14(13(4)17-15)11-16-10-12(2)3/h5,7-8,12,16H,1,6,9-11H2,2-4H3. The minimum atomic E-state index is 0.640. The van der Waals surface area contributed by atoms with E-state index in [4.69, 9.17) is 4.74 Å². The van der Waals surface area contributed by atoms with Crippen molar-refractivity contribution in [1.29, 1.82) is 0 Å². The Bertz CT molecular complexity index is 375. The van der Waals surface area contributed by atoms with Gasteiger partial charge in [-0.2, -0.15) is 0 Å². The molecule has 3 nitrogen and oxygen atoms in total. The van der Waals surface area contributed by atoms with Crippen LogP contribution >= 0.6 is 0 Å². The maximum absolute atomic E-state index is 5.52. The molecule has 0 radical (unpaired) electrons. The average Bonchev–Trinajstić information content (AvgIpc) is 2.32. The molecule has 100 valence electrons. The molecule has 0 amide bonds. The largest absolute Gasteiger partial charge is 0.477 e. The summed E-state index contributed by atoms with van der Waals surface area (Å²) in [4.78, 5) is 4.45. The predicted octanol–water partition coefficient (Wildman–Crippen LogP) is 3.09. The fourth-order valence-corrected chi connectivity index (χ4v) is 1.58. The SMILES string of the molecule is C=CCCOc1ccc(CNCC(C)C)c(C)n1. The van der Waals surface area contributed by atoms with Crippen molar-refractivity contribution in [3.63, 3.8) is 0 Å². The van der Waals surface area contributed by atoms with Crippen LogP contribution in [-0.2, 0) is 6.54 Å². The molecule has 1 rings (SSSR count). The van der Waals surface area contributed by atoms with Gasteiger partial charge in [0.1, 0.15) is 0 Å². The van der Waals surface area contributed by atoms with Gasteiger partial charge in [-0.25, -0.2) is 4.98 Å². The molecule has 0 unspecified atom stereocenters. The molecule has 18 heavy (non-hydrogen) atoms. The fourth-order valence-electron chi connectivity index (χ4n) is 1.58. The van der Waals surface area contributed by atoms with Gasteiger partial charge < -0.3 is 10.1 Å². The first-order valence-corrected chi connectivity index (χ1v) is 6.54. The van der Waals surface area contributed by atoms with E-state index in [0.717, 1.165) is 25.2 Å². The third-order valence-electron chi connectivity index (χ3n) is 2.61. The maximum atomic E-state index is 5.52. The molecular formula is C15H24N2O. The minimum absolute atomic E-state index is 0.640. The maximum Gasteiger partial charge on any atom is 0.213 e. The molecule has 0 aliphatic heterocycles. The first-order chi connectivity index (χ1) is 8.63. The molecule has 3 heteroatoms. The number of pyridine rings is 1. The molecule has 0 aliphatic rings. The van der Waals surface area contributed by atoms with Crippen LogP contribution in [0.1, 0.15) is 31.5 Å². The number of aromatic nitrogens is 1. The highest BCUT2D eigenvalue weighted by atomic mass is 16.5. The Kier molecular flexibility index (Phi) is 6.44. The zero-order valence-electron chi connectivity index (χ0n) is 11.7. The van der Waals surface area contributed by atoms with Crippen molar-refractivity contribution in [1.82, 2.24) is 10.3 Å². The van der Waals surface area contributed by atoms with Gasteiger partial charge in [-0.15, -0.1) is 6.58 Å². The van der Waals surface area contributed by atoms with E-state index >= 15 is 0 Å². The second-order valence-corrected chi connectivity index (χ2v) is 4.84. The summed E-state index contributed by atoms with van der Waals surface area (Å²) >= 11 is 0. The molecular weight excluding hydrogens is 224 g/mol. The van der Waals surface area contributed by atoms with Gasteiger partial charge in [0, 0.05) is 18.3 Å². The lowest BCUT2D eigenvalue weighted by Crippen LogP contribution is -2.19. The summed E-state index contributed by atoms with van der Waals surface area (Å²) in [6.07, 6.45) is 2.69. The summed E-state index contributed by atoms with van der Waals surface area (Å²) in [5.41, 5.74) is 2.26.